The summed E-state index contributed by atoms with van der Waals surface area (Å²) in [6.45, 7) is 3.91. The van der Waals surface area contributed by atoms with Crippen LogP contribution in [0.2, 0.25) is 0 Å². The molecule has 136 valence electrons. The first-order valence-electron chi connectivity index (χ1n) is 8.52. The van der Waals surface area contributed by atoms with Crippen molar-refractivity contribution in [2.75, 3.05) is 0 Å². The SMILES string of the molecule is CC(=CSc1ccc(F)cc1)C(=Nc1ccc(C)cc1)c1ccccc1F. The van der Waals surface area contributed by atoms with Gasteiger partial charge in [0.2, 0.25) is 0 Å². The van der Waals surface area contributed by atoms with Crippen LogP contribution >= 0.6 is 11.8 Å². The Labute approximate surface area is 162 Å². The Bertz CT molecular complexity index is 974. The number of rotatable bonds is 5. The van der Waals surface area contributed by atoms with E-state index in [2.05, 4.69) is 0 Å². The molecule has 0 radical (unpaired) electrons. The maximum atomic E-state index is 14.4. The van der Waals surface area contributed by atoms with Crippen molar-refractivity contribution in [1.82, 2.24) is 0 Å². The molecule has 0 heterocycles. The average Bonchev–Trinajstić information content (AvgIpc) is 2.67. The Morgan fingerprint density at radius 3 is 2.22 bits per heavy atom. The monoisotopic (exact) mass is 379 g/mol. The summed E-state index contributed by atoms with van der Waals surface area (Å²) in [5, 5.41) is 1.91. The molecule has 0 saturated heterocycles. The molecule has 0 aromatic heterocycles. The number of hydrogen-bond acceptors (Lipinski definition) is 2. The zero-order chi connectivity index (χ0) is 19.2. The Morgan fingerprint density at radius 1 is 0.889 bits per heavy atom. The Balaban J connectivity index is 1.98. The van der Waals surface area contributed by atoms with E-state index in [-0.39, 0.29) is 11.6 Å². The van der Waals surface area contributed by atoms with Crippen LogP contribution < -0.4 is 0 Å². The normalized spacial score (nSPS) is 12.3. The molecule has 3 rings (SSSR count). The molecule has 0 amide bonds. The topological polar surface area (TPSA) is 12.4 Å². The van der Waals surface area contributed by atoms with E-state index in [1.807, 2.05) is 43.5 Å². The Hall–Kier alpha value is -2.72. The van der Waals surface area contributed by atoms with Crippen molar-refractivity contribution in [1.29, 1.82) is 0 Å². The van der Waals surface area contributed by atoms with E-state index in [1.165, 1.54) is 30.0 Å². The third-order valence-electron chi connectivity index (χ3n) is 3.96. The van der Waals surface area contributed by atoms with Crippen LogP contribution in [0.3, 0.4) is 0 Å². The summed E-state index contributed by atoms with van der Waals surface area (Å²) in [7, 11) is 0. The van der Waals surface area contributed by atoms with Crippen molar-refractivity contribution in [2.45, 2.75) is 18.7 Å². The molecule has 0 aliphatic heterocycles. The molecular weight excluding hydrogens is 360 g/mol. The lowest BCUT2D eigenvalue weighted by atomic mass is 10.0. The molecule has 3 aromatic carbocycles. The standard InChI is InChI=1S/C23H19F2NS/c1-16-7-11-19(12-8-16)26-23(21-5-3-4-6-22(21)25)17(2)15-27-20-13-9-18(24)10-14-20/h3-15H,1-2H3. The van der Waals surface area contributed by atoms with E-state index in [9.17, 15) is 8.78 Å². The van der Waals surface area contributed by atoms with Gasteiger partial charge in [-0.3, -0.25) is 0 Å². The summed E-state index contributed by atoms with van der Waals surface area (Å²) in [5.41, 5.74) is 3.76. The van der Waals surface area contributed by atoms with Crippen LogP contribution in [0.1, 0.15) is 18.1 Å². The van der Waals surface area contributed by atoms with E-state index >= 15 is 0 Å². The first kappa shape index (κ1) is 19.1. The van der Waals surface area contributed by atoms with Gasteiger partial charge in [-0.05, 0) is 73.4 Å². The van der Waals surface area contributed by atoms with Gasteiger partial charge in [-0.15, -0.1) is 0 Å². The van der Waals surface area contributed by atoms with Gasteiger partial charge < -0.3 is 0 Å². The van der Waals surface area contributed by atoms with Crippen LogP contribution in [0.4, 0.5) is 14.5 Å². The maximum Gasteiger partial charge on any atom is 0.132 e. The number of halogens is 2. The lowest BCUT2D eigenvalue weighted by molar-refractivity contribution is 0.625. The third kappa shape index (κ3) is 5.14. The second-order valence-electron chi connectivity index (χ2n) is 6.15. The highest BCUT2D eigenvalue weighted by Gasteiger charge is 2.12. The molecule has 0 spiro atoms. The fraction of sp³-hybridized carbons (Fsp3) is 0.0870. The van der Waals surface area contributed by atoms with Crippen molar-refractivity contribution in [2.24, 2.45) is 4.99 Å². The van der Waals surface area contributed by atoms with Gasteiger partial charge >= 0.3 is 0 Å². The Kier molecular flexibility index (Phi) is 6.20. The summed E-state index contributed by atoms with van der Waals surface area (Å²) >= 11 is 1.45. The van der Waals surface area contributed by atoms with E-state index in [1.54, 1.807) is 30.3 Å². The number of hydrogen-bond donors (Lipinski definition) is 0. The van der Waals surface area contributed by atoms with Crippen LogP contribution in [-0.2, 0) is 0 Å². The molecule has 27 heavy (non-hydrogen) atoms. The number of benzene rings is 3. The van der Waals surface area contributed by atoms with Gasteiger partial charge in [-0.25, -0.2) is 13.8 Å². The predicted octanol–water partition coefficient (Wildman–Crippen LogP) is 7.09. The first-order chi connectivity index (χ1) is 13.0. The first-order valence-corrected chi connectivity index (χ1v) is 9.40. The van der Waals surface area contributed by atoms with Gasteiger partial charge in [0.1, 0.15) is 11.6 Å². The molecule has 0 N–H and O–H groups in total. The van der Waals surface area contributed by atoms with Crippen molar-refractivity contribution >= 4 is 23.2 Å². The highest BCUT2D eigenvalue weighted by Crippen LogP contribution is 2.25. The van der Waals surface area contributed by atoms with E-state index in [0.29, 0.717) is 11.3 Å². The lowest BCUT2D eigenvalue weighted by Crippen LogP contribution is -2.05. The second kappa shape index (κ2) is 8.78. The van der Waals surface area contributed by atoms with Gasteiger partial charge in [0.15, 0.2) is 0 Å². The molecule has 0 atom stereocenters. The van der Waals surface area contributed by atoms with Crippen molar-refractivity contribution in [3.63, 3.8) is 0 Å². The predicted molar refractivity (Wildman–Crippen MR) is 110 cm³/mol. The van der Waals surface area contributed by atoms with Gasteiger partial charge in [0, 0.05) is 10.5 Å². The molecule has 1 nitrogen and oxygen atoms in total. The fourth-order valence-corrected chi connectivity index (χ4v) is 3.21. The molecular formula is C23H19F2NS. The quantitative estimate of drug-likeness (QED) is 0.340. The fourth-order valence-electron chi connectivity index (χ4n) is 2.49. The third-order valence-corrected chi connectivity index (χ3v) is 4.98. The minimum absolute atomic E-state index is 0.270. The maximum absolute atomic E-state index is 14.4. The zero-order valence-corrected chi connectivity index (χ0v) is 15.9. The smallest absolute Gasteiger partial charge is 0.132 e. The largest absolute Gasteiger partial charge is 0.248 e. The minimum atomic E-state index is -0.317. The number of nitrogens with zero attached hydrogens (tertiary/aromatic N) is 1. The molecule has 0 fully saturated rings. The molecule has 0 aliphatic carbocycles. The number of aliphatic imine (C=N–C) groups is 1. The molecule has 0 saturated carbocycles. The zero-order valence-electron chi connectivity index (χ0n) is 15.1. The van der Waals surface area contributed by atoms with Crippen molar-refractivity contribution < 1.29 is 8.78 Å². The molecule has 0 aliphatic rings. The minimum Gasteiger partial charge on any atom is -0.248 e. The average molecular weight is 379 g/mol. The van der Waals surface area contributed by atoms with E-state index < -0.39 is 0 Å². The number of allylic oxidation sites excluding steroid dienone is 1. The highest BCUT2D eigenvalue weighted by atomic mass is 32.2. The number of thioether (sulfide) groups is 1. The van der Waals surface area contributed by atoms with Gasteiger partial charge in [0.05, 0.1) is 11.4 Å². The van der Waals surface area contributed by atoms with Crippen molar-refractivity contribution in [3.05, 3.63) is 107 Å². The highest BCUT2D eigenvalue weighted by molar-refractivity contribution is 8.02. The van der Waals surface area contributed by atoms with Gasteiger partial charge in [0.25, 0.3) is 0 Å². The molecule has 4 heteroatoms. The van der Waals surface area contributed by atoms with Gasteiger partial charge in [-0.1, -0.05) is 41.6 Å². The lowest BCUT2D eigenvalue weighted by Gasteiger charge is -2.09. The summed E-state index contributed by atoms with van der Waals surface area (Å²) in [6.07, 6.45) is 0. The number of aryl methyl sites for hydroxylation is 1. The van der Waals surface area contributed by atoms with Crippen molar-refractivity contribution in [3.8, 4) is 0 Å². The van der Waals surface area contributed by atoms with Crippen LogP contribution in [-0.4, -0.2) is 5.71 Å². The summed E-state index contributed by atoms with van der Waals surface area (Å²) in [6, 6.07) is 20.7. The van der Waals surface area contributed by atoms with E-state index in [0.717, 1.165) is 21.7 Å². The van der Waals surface area contributed by atoms with E-state index in [4.69, 9.17) is 4.99 Å². The molecule has 0 bridgehead atoms. The van der Waals surface area contributed by atoms with Crippen LogP contribution in [0.15, 0.2) is 93.7 Å². The van der Waals surface area contributed by atoms with Crippen LogP contribution in [0, 0.1) is 18.6 Å². The van der Waals surface area contributed by atoms with Gasteiger partial charge in [-0.2, -0.15) is 0 Å². The summed E-state index contributed by atoms with van der Waals surface area (Å²) in [4.78, 5) is 5.59. The summed E-state index contributed by atoms with van der Waals surface area (Å²) < 4.78 is 27.5. The Morgan fingerprint density at radius 2 is 1.56 bits per heavy atom. The van der Waals surface area contributed by atoms with Crippen LogP contribution in [0.5, 0.6) is 0 Å². The van der Waals surface area contributed by atoms with Crippen LogP contribution in [0.25, 0.3) is 0 Å². The second-order valence-corrected chi connectivity index (χ2v) is 7.09. The molecule has 3 aromatic rings. The molecule has 0 unspecified atom stereocenters. The summed E-state index contributed by atoms with van der Waals surface area (Å²) in [5.74, 6) is -0.587.